The second-order valence-electron chi connectivity index (χ2n) is 2.73. The molecule has 0 aliphatic carbocycles. The molecule has 2 heterocycles. The first-order valence-electron chi connectivity index (χ1n) is 3.97. The van der Waals surface area contributed by atoms with E-state index in [9.17, 15) is 4.79 Å². The van der Waals surface area contributed by atoms with Gasteiger partial charge in [-0.2, -0.15) is 0 Å². The summed E-state index contributed by atoms with van der Waals surface area (Å²) in [5.41, 5.74) is 0.445. The second-order valence-corrected chi connectivity index (χ2v) is 3.68. The van der Waals surface area contributed by atoms with Crippen molar-refractivity contribution in [2.45, 2.75) is 6.42 Å². The molecule has 2 aromatic heterocycles. The molecule has 0 saturated heterocycles. The predicted octanol–water partition coefficient (Wildman–Crippen LogP) is 2.03. The largest absolute Gasteiger partial charge is 0.481 e. The molecule has 0 amide bonds. The van der Waals surface area contributed by atoms with Crippen LogP contribution in [0, 0.1) is 0 Å². The van der Waals surface area contributed by atoms with Crippen molar-refractivity contribution in [1.82, 2.24) is 5.16 Å². The lowest BCUT2D eigenvalue weighted by Gasteiger charge is -1.84. The van der Waals surface area contributed by atoms with Crippen LogP contribution in [-0.2, 0) is 11.2 Å². The van der Waals surface area contributed by atoms with Crippen LogP contribution in [0.25, 0.3) is 10.6 Å². The minimum atomic E-state index is -0.906. The lowest BCUT2D eigenvalue weighted by molar-refractivity contribution is -0.136. The molecule has 2 rings (SSSR count). The van der Waals surface area contributed by atoms with Gasteiger partial charge in [0.05, 0.1) is 17.0 Å². The van der Waals surface area contributed by atoms with Gasteiger partial charge in [0.25, 0.3) is 0 Å². The van der Waals surface area contributed by atoms with Gasteiger partial charge in [-0.05, 0) is 11.4 Å². The van der Waals surface area contributed by atoms with Crippen molar-refractivity contribution in [3.63, 3.8) is 0 Å². The number of rotatable bonds is 3. The fourth-order valence-corrected chi connectivity index (χ4v) is 1.76. The Hall–Kier alpha value is -1.62. The SMILES string of the molecule is O=C(O)Cc1cc(-c2cccs2)on1. The normalized spacial score (nSPS) is 10.3. The van der Waals surface area contributed by atoms with Crippen molar-refractivity contribution in [2.75, 3.05) is 0 Å². The zero-order valence-corrected chi connectivity index (χ0v) is 7.95. The van der Waals surface area contributed by atoms with Crippen LogP contribution < -0.4 is 0 Å². The molecule has 0 aliphatic rings. The average Bonchev–Trinajstić information content (AvgIpc) is 2.69. The van der Waals surface area contributed by atoms with Crippen molar-refractivity contribution in [2.24, 2.45) is 0 Å². The second kappa shape index (κ2) is 3.63. The molecule has 4 nitrogen and oxygen atoms in total. The highest BCUT2D eigenvalue weighted by Gasteiger charge is 2.09. The van der Waals surface area contributed by atoms with Crippen LogP contribution in [0.4, 0.5) is 0 Å². The Balaban J connectivity index is 2.22. The highest BCUT2D eigenvalue weighted by molar-refractivity contribution is 7.13. The molecule has 72 valence electrons. The molecular weight excluding hydrogens is 202 g/mol. The summed E-state index contributed by atoms with van der Waals surface area (Å²) in [5, 5.41) is 14.1. The summed E-state index contributed by atoms with van der Waals surface area (Å²) < 4.78 is 5.01. The molecular formula is C9H7NO3S. The highest BCUT2D eigenvalue weighted by Crippen LogP contribution is 2.25. The van der Waals surface area contributed by atoms with Crippen LogP contribution in [0.15, 0.2) is 28.1 Å². The van der Waals surface area contributed by atoms with Crippen LogP contribution in [0.2, 0.25) is 0 Å². The van der Waals surface area contributed by atoms with Crippen LogP contribution in [-0.4, -0.2) is 16.2 Å². The third kappa shape index (κ3) is 1.82. The topological polar surface area (TPSA) is 63.3 Å². The van der Waals surface area contributed by atoms with E-state index in [0.29, 0.717) is 11.5 Å². The summed E-state index contributed by atoms with van der Waals surface area (Å²) in [7, 11) is 0. The summed E-state index contributed by atoms with van der Waals surface area (Å²) in [4.78, 5) is 11.3. The molecule has 0 radical (unpaired) electrons. The maximum Gasteiger partial charge on any atom is 0.309 e. The zero-order chi connectivity index (χ0) is 9.97. The fourth-order valence-electron chi connectivity index (χ4n) is 1.08. The first kappa shape index (κ1) is 8.96. The Morgan fingerprint density at radius 3 is 3.14 bits per heavy atom. The number of carboxylic acids is 1. The monoisotopic (exact) mass is 209 g/mol. The molecule has 0 spiro atoms. The van der Waals surface area contributed by atoms with E-state index in [1.54, 1.807) is 6.07 Å². The van der Waals surface area contributed by atoms with Gasteiger partial charge in [-0.25, -0.2) is 0 Å². The average molecular weight is 209 g/mol. The Morgan fingerprint density at radius 1 is 1.64 bits per heavy atom. The first-order valence-corrected chi connectivity index (χ1v) is 4.85. The molecule has 0 bridgehead atoms. The van der Waals surface area contributed by atoms with E-state index in [4.69, 9.17) is 9.63 Å². The van der Waals surface area contributed by atoms with Crippen LogP contribution in [0.3, 0.4) is 0 Å². The van der Waals surface area contributed by atoms with Crippen molar-refractivity contribution in [3.05, 3.63) is 29.3 Å². The van der Waals surface area contributed by atoms with E-state index in [2.05, 4.69) is 5.16 Å². The Bertz CT molecular complexity index is 433. The number of nitrogens with zero attached hydrogens (tertiary/aromatic N) is 1. The number of aliphatic carboxylic acids is 1. The smallest absolute Gasteiger partial charge is 0.309 e. The molecule has 2 aromatic rings. The molecule has 0 aliphatic heterocycles. The molecule has 0 unspecified atom stereocenters. The molecule has 0 fully saturated rings. The fraction of sp³-hybridized carbons (Fsp3) is 0.111. The van der Waals surface area contributed by atoms with Crippen molar-refractivity contribution in [1.29, 1.82) is 0 Å². The van der Waals surface area contributed by atoms with Crippen molar-refractivity contribution in [3.8, 4) is 10.6 Å². The van der Waals surface area contributed by atoms with E-state index >= 15 is 0 Å². The predicted molar refractivity (Wildman–Crippen MR) is 51.2 cm³/mol. The van der Waals surface area contributed by atoms with Gasteiger partial charge in [-0.1, -0.05) is 11.2 Å². The van der Waals surface area contributed by atoms with Gasteiger partial charge in [0.1, 0.15) is 0 Å². The van der Waals surface area contributed by atoms with Crippen molar-refractivity contribution >= 4 is 17.3 Å². The van der Waals surface area contributed by atoms with Gasteiger partial charge in [0.15, 0.2) is 5.76 Å². The summed E-state index contributed by atoms with van der Waals surface area (Å²) in [6, 6.07) is 5.45. The third-order valence-electron chi connectivity index (χ3n) is 1.66. The molecule has 0 aromatic carbocycles. The minimum absolute atomic E-state index is 0.102. The molecule has 0 atom stereocenters. The standard InChI is InChI=1S/C9H7NO3S/c11-9(12)5-6-4-7(13-10-6)8-2-1-3-14-8/h1-4H,5H2,(H,11,12). The first-order chi connectivity index (χ1) is 6.75. The Morgan fingerprint density at radius 2 is 2.50 bits per heavy atom. The summed E-state index contributed by atoms with van der Waals surface area (Å²) >= 11 is 1.53. The quantitative estimate of drug-likeness (QED) is 0.840. The van der Waals surface area contributed by atoms with Gasteiger partial charge in [-0.15, -0.1) is 11.3 Å². The van der Waals surface area contributed by atoms with E-state index in [0.717, 1.165) is 4.88 Å². The highest BCUT2D eigenvalue weighted by atomic mass is 32.1. The van der Waals surface area contributed by atoms with Gasteiger partial charge >= 0.3 is 5.97 Å². The summed E-state index contributed by atoms with van der Waals surface area (Å²) in [6.45, 7) is 0. The molecule has 0 saturated carbocycles. The van der Waals surface area contributed by atoms with E-state index < -0.39 is 5.97 Å². The summed E-state index contributed by atoms with van der Waals surface area (Å²) in [6.07, 6.45) is -0.102. The van der Waals surface area contributed by atoms with E-state index in [1.165, 1.54) is 11.3 Å². The lowest BCUT2D eigenvalue weighted by atomic mass is 10.3. The van der Waals surface area contributed by atoms with E-state index in [-0.39, 0.29) is 6.42 Å². The van der Waals surface area contributed by atoms with Crippen LogP contribution in [0.1, 0.15) is 5.69 Å². The van der Waals surface area contributed by atoms with Gasteiger partial charge in [0, 0.05) is 6.07 Å². The molecule has 14 heavy (non-hydrogen) atoms. The van der Waals surface area contributed by atoms with Crippen molar-refractivity contribution < 1.29 is 14.4 Å². The Kier molecular flexibility index (Phi) is 2.32. The number of hydrogen-bond donors (Lipinski definition) is 1. The number of aromatic nitrogens is 1. The number of thiophene rings is 1. The van der Waals surface area contributed by atoms with Gasteiger partial charge in [-0.3, -0.25) is 4.79 Å². The molecule has 5 heteroatoms. The number of carboxylic acid groups (broad SMARTS) is 1. The summed E-state index contributed by atoms with van der Waals surface area (Å²) in [5.74, 6) is -0.285. The maximum absolute atomic E-state index is 10.4. The number of hydrogen-bond acceptors (Lipinski definition) is 4. The molecule has 1 N–H and O–H groups in total. The van der Waals surface area contributed by atoms with E-state index in [1.807, 2.05) is 17.5 Å². The minimum Gasteiger partial charge on any atom is -0.481 e. The lowest BCUT2D eigenvalue weighted by Crippen LogP contribution is -1.99. The van der Waals surface area contributed by atoms with Gasteiger partial charge < -0.3 is 9.63 Å². The third-order valence-corrected chi connectivity index (χ3v) is 2.54. The van der Waals surface area contributed by atoms with Gasteiger partial charge in [0.2, 0.25) is 0 Å². The maximum atomic E-state index is 10.4. The van der Waals surface area contributed by atoms with Crippen LogP contribution in [0.5, 0.6) is 0 Å². The Labute approximate surface area is 83.8 Å². The zero-order valence-electron chi connectivity index (χ0n) is 7.14. The number of carbonyl (C=O) groups is 1. The van der Waals surface area contributed by atoms with Crippen LogP contribution >= 0.6 is 11.3 Å².